The summed E-state index contributed by atoms with van der Waals surface area (Å²) < 4.78 is 4.98. The second-order valence-corrected chi connectivity index (χ2v) is 13.9. The third kappa shape index (κ3) is 4.78. The van der Waals surface area contributed by atoms with Crippen molar-refractivity contribution in [1.82, 2.24) is 9.13 Å². The Bertz CT molecular complexity index is 2600. The van der Waals surface area contributed by atoms with Crippen LogP contribution in [0.5, 0.6) is 0 Å². The molecule has 2 heteroatoms. The van der Waals surface area contributed by atoms with Crippen LogP contribution in [0.25, 0.3) is 66.9 Å². The van der Waals surface area contributed by atoms with Gasteiger partial charge in [0.05, 0.1) is 16.6 Å². The zero-order valence-electron chi connectivity index (χ0n) is 28.1. The molecule has 0 fully saturated rings. The summed E-state index contributed by atoms with van der Waals surface area (Å²) in [6.07, 6.45) is 23.8. The molecule has 0 amide bonds. The van der Waals surface area contributed by atoms with Crippen LogP contribution in [0.4, 0.5) is 0 Å². The standard InChI is InChI=1S/C48H38N2/c1-4-12-33(13-5-1)34-20-22-35(23-21-34)36-24-27-47-43(30-36)44-32-38(26-29-48(44)50(47)40-16-8-3-9-17-40)37-25-28-46-42(31-37)41-18-10-11-19-45(41)49(46)39-14-6-2-7-15-39/h1-8,10,12-16,18,20-22,24-32,35H,9,11,17,19,23H2. The molecule has 0 radical (unpaired) electrons. The van der Waals surface area contributed by atoms with Gasteiger partial charge in [-0.25, -0.2) is 0 Å². The first-order valence-corrected chi connectivity index (χ1v) is 18.1. The third-order valence-electron chi connectivity index (χ3n) is 11.0. The van der Waals surface area contributed by atoms with Crippen LogP contribution in [0, 0.1) is 0 Å². The quantitative estimate of drug-likeness (QED) is 0.177. The highest BCUT2D eigenvalue weighted by atomic mass is 15.0. The highest BCUT2D eigenvalue weighted by Crippen LogP contribution is 2.41. The first-order chi connectivity index (χ1) is 24.8. The largest absolute Gasteiger partial charge is 0.313 e. The van der Waals surface area contributed by atoms with Crippen molar-refractivity contribution in [3.63, 3.8) is 0 Å². The van der Waals surface area contributed by atoms with E-state index in [4.69, 9.17) is 0 Å². The summed E-state index contributed by atoms with van der Waals surface area (Å²) in [4.78, 5) is 0. The van der Waals surface area contributed by atoms with E-state index < -0.39 is 0 Å². The molecule has 5 aromatic carbocycles. The van der Waals surface area contributed by atoms with Crippen LogP contribution in [0.15, 0.2) is 158 Å². The Morgan fingerprint density at radius 3 is 2.00 bits per heavy atom. The smallest absolute Gasteiger partial charge is 0.0538 e. The van der Waals surface area contributed by atoms with E-state index >= 15 is 0 Å². The van der Waals surface area contributed by atoms with Gasteiger partial charge in [-0.2, -0.15) is 0 Å². The number of hydrogen-bond acceptors (Lipinski definition) is 0. The number of rotatable bonds is 5. The maximum atomic E-state index is 2.51. The number of nitrogens with zero attached hydrogens (tertiary/aromatic N) is 2. The third-order valence-corrected chi connectivity index (χ3v) is 11.0. The number of para-hydroxylation sites is 1. The summed E-state index contributed by atoms with van der Waals surface area (Å²) >= 11 is 0. The van der Waals surface area contributed by atoms with Crippen LogP contribution in [-0.2, 0) is 6.42 Å². The summed E-state index contributed by atoms with van der Waals surface area (Å²) in [5, 5.41) is 3.98. The lowest BCUT2D eigenvalue weighted by molar-refractivity contribution is 0.858. The van der Waals surface area contributed by atoms with Gasteiger partial charge in [0.15, 0.2) is 0 Å². The van der Waals surface area contributed by atoms with E-state index in [0.717, 1.165) is 32.1 Å². The van der Waals surface area contributed by atoms with Crippen LogP contribution in [-0.4, -0.2) is 9.13 Å². The lowest BCUT2D eigenvalue weighted by Crippen LogP contribution is -2.02. The zero-order valence-corrected chi connectivity index (χ0v) is 28.1. The molecule has 3 aliphatic rings. The number of allylic oxidation sites excluding steroid dienone is 9. The molecule has 2 nitrogen and oxygen atoms in total. The van der Waals surface area contributed by atoms with Crippen LogP contribution < -0.4 is 0 Å². The van der Waals surface area contributed by atoms with Gasteiger partial charge in [0, 0.05) is 44.7 Å². The Balaban J connectivity index is 1.10. The second kappa shape index (κ2) is 11.9. The summed E-state index contributed by atoms with van der Waals surface area (Å²) in [7, 11) is 0. The van der Waals surface area contributed by atoms with E-state index in [1.165, 1.54) is 83.2 Å². The minimum absolute atomic E-state index is 0.362. The van der Waals surface area contributed by atoms with Gasteiger partial charge in [-0.3, -0.25) is 0 Å². The molecule has 1 unspecified atom stereocenters. The average molecular weight is 643 g/mol. The molecule has 0 saturated heterocycles. The van der Waals surface area contributed by atoms with Gasteiger partial charge in [-0.15, -0.1) is 0 Å². The van der Waals surface area contributed by atoms with E-state index in [1.54, 1.807) is 0 Å². The normalized spacial score (nSPS) is 17.0. The molecular formula is C48H38N2. The molecule has 240 valence electrons. The minimum atomic E-state index is 0.362. The molecule has 0 saturated carbocycles. The van der Waals surface area contributed by atoms with Crippen LogP contribution in [0.1, 0.15) is 54.0 Å². The van der Waals surface area contributed by atoms with Crippen molar-refractivity contribution in [2.45, 2.75) is 38.0 Å². The molecule has 10 rings (SSSR count). The fourth-order valence-corrected chi connectivity index (χ4v) is 8.52. The molecule has 2 aromatic heterocycles. The van der Waals surface area contributed by atoms with Gasteiger partial charge in [0.1, 0.15) is 0 Å². The summed E-state index contributed by atoms with van der Waals surface area (Å²) in [5.41, 5.74) is 15.7. The Kier molecular flexibility index (Phi) is 6.94. The molecule has 3 aliphatic carbocycles. The number of aromatic nitrogens is 2. The van der Waals surface area contributed by atoms with E-state index in [-0.39, 0.29) is 0 Å². The van der Waals surface area contributed by atoms with Crippen LogP contribution >= 0.6 is 0 Å². The van der Waals surface area contributed by atoms with Crippen molar-refractivity contribution in [3.8, 4) is 16.8 Å². The summed E-state index contributed by atoms with van der Waals surface area (Å²) in [6.45, 7) is 0. The van der Waals surface area contributed by atoms with Crippen molar-refractivity contribution in [2.24, 2.45) is 0 Å². The number of fused-ring (bicyclic) bond motifs is 6. The van der Waals surface area contributed by atoms with Gasteiger partial charge in [0.2, 0.25) is 0 Å². The summed E-state index contributed by atoms with van der Waals surface area (Å²) in [6, 6.07) is 43.0. The van der Waals surface area contributed by atoms with Gasteiger partial charge in [-0.05, 0) is 115 Å². The van der Waals surface area contributed by atoms with Crippen molar-refractivity contribution in [2.75, 3.05) is 0 Å². The Morgan fingerprint density at radius 2 is 1.26 bits per heavy atom. The monoisotopic (exact) mass is 642 g/mol. The maximum Gasteiger partial charge on any atom is 0.0538 e. The Labute approximate surface area is 293 Å². The zero-order chi connectivity index (χ0) is 33.0. The molecule has 0 aliphatic heterocycles. The molecule has 0 N–H and O–H groups in total. The fourth-order valence-electron chi connectivity index (χ4n) is 8.52. The van der Waals surface area contributed by atoms with Crippen molar-refractivity contribution in [1.29, 1.82) is 0 Å². The highest BCUT2D eigenvalue weighted by Gasteiger charge is 2.21. The van der Waals surface area contributed by atoms with Gasteiger partial charge >= 0.3 is 0 Å². The van der Waals surface area contributed by atoms with Crippen molar-refractivity contribution in [3.05, 3.63) is 180 Å². The molecular weight excluding hydrogens is 605 g/mol. The molecule has 2 heterocycles. The van der Waals surface area contributed by atoms with E-state index in [2.05, 4.69) is 173 Å². The summed E-state index contributed by atoms with van der Waals surface area (Å²) in [5.74, 6) is 0.362. The molecule has 0 bridgehead atoms. The predicted octanol–water partition coefficient (Wildman–Crippen LogP) is 12.7. The van der Waals surface area contributed by atoms with Gasteiger partial charge in [-0.1, -0.05) is 109 Å². The first kappa shape index (κ1) is 29.1. The van der Waals surface area contributed by atoms with Gasteiger partial charge < -0.3 is 9.13 Å². The lowest BCUT2D eigenvalue weighted by Gasteiger charge is -2.18. The van der Waals surface area contributed by atoms with Crippen LogP contribution in [0.2, 0.25) is 0 Å². The SMILES string of the molecule is C1=CCCC(n2c3ccc(-c4ccc5c(c4)c4c(n5-c5ccccc5)CCC=C4)cc3c3cc(C4C=CC(c5ccccc5)=CC4)ccc32)=C1. The van der Waals surface area contributed by atoms with Gasteiger partial charge in [0.25, 0.3) is 0 Å². The number of benzene rings is 5. The van der Waals surface area contributed by atoms with Crippen molar-refractivity contribution < 1.29 is 0 Å². The topological polar surface area (TPSA) is 9.86 Å². The molecule has 7 aromatic rings. The minimum Gasteiger partial charge on any atom is -0.313 e. The maximum absolute atomic E-state index is 2.51. The molecule has 1 atom stereocenters. The second-order valence-electron chi connectivity index (χ2n) is 13.9. The van der Waals surface area contributed by atoms with E-state index in [9.17, 15) is 0 Å². The highest BCUT2D eigenvalue weighted by molar-refractivity contribution is 6.12. The van der Waals surface area contributed by atoms with E-state index in [1.807, 2.05) is 0 Å². The average Bonchev–Trinajstić information content (AvgIpc) is 3.71. The van der Waals surface area contributed by atoms with Crippen LogP contribution in [0.3, 0.4) is 0 Å². The fraction of sp³-hybridized carbons (Fsp3) is 0.125. The first-order valence-electron chi connectivity index (χ1n) is 18.1. The predicted molar refractivity (Wildman–Crippen MR) is 213 cm³/mol. The molecule has 0 spiro atoms. The lowest BCUT2D eigenvalue weighted by atomic mass is 9.87. The van der Waals surface area contributed by atoms with Crippen molar-refractivity contribution >= 4 is 50.1 Å². The Morgan fingerprint density at radius 1 is 0.560 bits per heavy atom. The number of hydrogen-bond donors (Lipinski definition) is 0. The van der Waals surface area contributed by atoms with E-state index in [0.29, 0.717) is 5.92 Å². The Hall–Kier alpha value is -5.86. The molecule has 50 heavy (non-hydrogen) atoms.